The monoisotopic (exact) mass is 304 g/mol. The van der Waals surface area contributed by atoms with E-state index in [1.165, 1.54) is 17.1 Å². The van der Waals surface area contributed by atoms with Crippen LogP contribution in [0.1, 0.15) is 5.56 Å². The van der Waals surface area contributed by atoms with Crippen molar-refractivity contribution in [3.8, 4) is 5.75 Å². The van der Waals surface area contributed by atoms with Gasteiger partial charge in [0.15, 0.2) is 6.73 Å². The summed E-state index contributed by atoms with van der Waals surface area (Å²) in [6.45, 7) is 0.0461. The van der Waals surface area contributed by atoms with Gasteiger partial charge in [-0.3, -0.25) is 10.1 Å². The van der Waals surface area contributed by atoms with Crippen molar-refractivity contribution in [2.45, 2.75) is 6.73 Å². The number of ether oxygens (including phenoxy) is 1. The number of hydrazone groups is 1. The molecule has 2 aromatic rings. The zero-order valence-electron chi connectivity index (χ0n) is 11.2. The molecule has 10 heteroatoms. The highest BCUT2D eigenvalue weighted by Crippen LogP contribution is 2.13. The second kappa shape index (κ2) is 6.83. The first kappa shape index (κ1) is 15.0. The Morgan fingerprint density at radius 3 is 2.82 bits per heavy atom. The summed E-state index contributed by atoms with van der Waals surface area (Å²) in [5.41, 5.74) is 7.57. The molecule has 0 unspecified atom stereocenters. The van der Waals surface area contributed by atoms with Crippen molar-refractivity contribution in [3.63, 3.8) is 0 Å². The molecular weight excluding hydrogens is 292 g/mol. The summed E-state index contributed by atoms with van der Waals surface area (Å²) in [6.07, 6.45) is 3.84. The summed E-state index contributed by atoms with van der Waals surface area (Å²) in [5, 5.41) is 17.9. The summed E-state index contributed by atoms with van der Waals surface area (Å²) in [5.74, 6) is 0.554. The van der Waals surface area contributed by atoms with E-state index in [-0.39, 0.29) is 12.4 Å². The molecule has 1 aromatic heterocycles. The van der Waals surface area contributed by atoms with Crippen LogP contribution in [-0.4, -0.2) is 26.9 Å². The molecule has 0 bridgehead atoms. The van der Waals surface area contributed by atoms with Crippen LogP contribution < -0.4 is 15.9 Å². The highest BCUT2D eigenvalue weighted by molar-refractivity contribution is 5.81. The number of primary amides is 1. The number of benzene rings is 1. The van der Waals surface area contributed by atoms with Gasteiger partial charge in [-0.05, 0) is 29.8 Å². The third kappa shape index (κ3) is 4.30. The van der Waals surface area contributed by atoms with E-state index >= 15 is 0 Å². The molecular formula is C12H12N6O4. The third-order valence-electron chi connectivity index (χ3n) is 2.46. The van der Waals surface area contributed by atoms with Crippen LogP contribution in [0.4, 0.5) is 10.5 Å². The molecule has 0 saturated heterocycles. The maximum Gasteiger partial charge on any atom is 0.332 e. The van der Waals surface area contributed by atoms with Gasteiger partial charge in [0.05, 0.1) is 11.1 Å². The average Bonchev–Trinajstić information content (AvgIpc) is 2.95. The molecule has 3 N–H and O–H groups in total. The fourth-order valence-corrected chi connectivity index (χ4v) is 1.48. The molecule has 2 amide bonds. The Hall–Kier alpha value is -3.43. The van der Waals surface area contributed by atoms with Crippen LogP contribution in [0.5, 0.6) is 5.75 Å². The lowest BCUT2D eigenvalue weighted by molar-refractivity contribution is -0.385. The third-order valence-corrected chi connectivity index (χ3v) is 2.46. The Morgan fingerprint density at radius 2 is 2.23 bits per heavy atom. The van der Waals surface area contributed by atoms with Crippen molar-refractivity contribution < 1.29 is 14.5 Å². The van der Waals surface area contributed by atoms with Crippen LogP contribution in [0, 0.1) is 10.1 Å². The standard InChI is InChI=1S/C12H12N6O4/c13-12(19)16-14-5-9-1-3-11(4-2-9)22-8-17-7-10(6-15-17)18(20)21/h1-7H,8H2,(H3,13,16,19). The number of nitrogens with one attached hydrogen (secondary N) is 1. The van der Waals surface area contributed by atoms with Crippen LogP contribution in [0.25, 0.3) is 0 Å². The van der Waals surface area contributed by atoms with Gasteiger partial charge in [0, 0.05) is 0 Å². The largest absolute Gasteiger partial charge is 0.471 e. The Bertz CT molecular complexity index is 694. The maximum absolute atomic E-state index is 10.5. The number of amides is 2. The van der Waals surface area contributed by atoms with Crippen LogP contribution >= 0.6 is 0 Å². The highest BCUT2D eigenvalue weighted by atomic mass is 16.6. The lowest BCUT2D eigenvalue weighted by Crippen LogP contribution is -2.24. The molecule has 114 valence electrons. The Kier molecular flexibility index (Phi) is 4.65. The zero-order chi connectivity index (χ0) is 15.9. The van der Waals surface area contributed by atoms with E-state index in [2.05, 4.69) is 15.6 Å². The topological polar surface area (TPSA) is 138 Å². The van der Waals surface area contributed by atoms with Crippen LogP contribution in [0.3, 0.4) is 0 Å². The molecule has 2 rings (SSSR count). The van der Waals surface area contributed by atoms with E-state index in [1.807, 2.05) is 0 Å². The Labute approximate surface area is 124 Å². The van der Waals surface area contributed by atoms with Crippen molar-refractivity contribution >= 4 is 17.9 Å². The van der Waals surface area contributed by atoms with E-state index in [1.54, 1.807) is 24.3 Å². The van der Waals surface area contributed by atoms with Crippen molar-refractivity contribution in [1.82, 2.24) is 15.2 Å². The minimum atomic E-state index is -0.746. The number of nitro groups is 1. The van der Waals surface area contributed by atoms with Crippen molar-refractivity contribution in [3.05, 3.63) is 52.3 Å². The van der Waals surface area contributed by atoms with Gasteiger partial charge >= 0.3 is 11.7 Å². The molecule has 1 heterocycles. The van der Waals surface area contributed by atoms with E-state index < -0.39 is 11.0 Å². The number of rotatable bonds is 6. The predicted octanol–water partition coefficient (Wildman–Crippen LogP) is 0.830. The lowest BCUT2D eigenvalue weighted by atomic mass is 10.2. The van der Waals surface area contributed by atoms with Crippen LogP contribution in [-0.2, 0) is 6.73 Å². The number of nitrogens with zero attached hydrogens (tertiary/aromatic N) is 4. The molecule has 0 fully saturated rings. The van der Waals surface area contributed by atoms with Gasteiger partial charge in [-0.1, -0.05) is 0 Å². The smallest absolute Gasteiger partial charge is 0.332 e. The van der Waals surface area contributed by atoms with Crippen molar-refractivity contribution in [2.75, 3.05) is 0 Å². The number of urea groups is 1. The summed E-state index contributed by atoms with van der Waals surface area (Å²) in [6, 6.07) is 6.05. The normalized spacial score (nSPS) is 10.5. The molecule has 0 aliphatic carbocycles. The minimum Gasteiger partial charge on any atom is -0.471 e. The number of carbonyl (C=O) groups is 1. The number of hydrogen-bond acceptors (Lipinski definition) is 6. The summed E-state index contributed by atoms with van der Waals surface area (Å²) < 4.78 is 6.74. The average molecular weight is 304 g/mol. The van der Waals surface area contributed by atoms with Gasteiger partial charge in [-0.15, -0.1) is 0 Å². The predicted molar refractivity (Wildman–Crippen MR) is 76.3 cm³/mol. The molecule has 22 heavy (non-hydrogen) atoms. The van der Waals surface area contributed by atoms with Crippen molar-refractivity contribution in [2.24, 2.45) is 10.8 Å². The van der Waals surface area contributed by atoms with Gasteiger partial charge in [-0.2, -0.15) is 10.2 Å². The van der Waals surface area contributed by atoms with Gasteiger partial charge in [0.2, 0.25) is 0 Å². The molecule has 0 radical (unpaired) electrons. The zero-order valence-corrected chi connectivity index (χ0v) is 11.2. The maximum atomic E-state index is 10.5. The molecule has 0 aliphatic heterocycles. The second-order valence-electron chi connectivity index (χ2n) is 4.07. The number of nitrogens with two attached hydrogens (primary N) is 1. The van der Waals surface area contributed by atoms with E-state index in [4.69, 9.17) is 10.5 Å². The van der Waals surface area contributed by atoms with Gasteiger partial charge in [-0.25, -0.2) is 14.9 Å². The highest BCUT2D eigenvalue weighted by Gasteiger charge is 2.08. The van der Waals surface area contributed by atoms with Gasteiger partial charge in [0.1, 0.15) is 18.1 Å². The second-order valence-corrected chi connectivity index (χ2v) is 4.07. The first-order chi connectivity index (χ1) is 10.5. The van der Waals surface area contributed by atoms with Crippen LogP contribution in [0.15, 0.2) is 41.8 Å². The van der Waals surface area contributed by atoms with E-state index in [9.17, 15) is 14.9 Å². The lowest BCUT2D eigenvalue weighted by Gasteiger charge is -2.05. The molecule has 0 atom stereocenters. The SMILES string of the molecule is NC(=O)NN=Cc1ccc(OCn2cc([N+](=O)[O-])cn2)cc1. The molecule has 0 spiro atoms. The summed E-state index contributed by atoms with van der Waals surface area (Å²) >= 11 is 0. The first-order valence-corrected chi connectivity index (χ1v) is 6.03. The Balaban J connectivity index is 1.89. The quantitative estimate of drug-likeness (QED) is 0.462. The van der Waals surface area contributed by atoms with Gasteiger partial charge in [0.25, 0.3) is 0 Å². The number of hydrogen-bond donors (Lipinski definition) is 2. The first-order valence-electron chi connectivity index (χ1n) is 6.03. The van der Waals surface area contributed by atoms with E-state index in [0.717, 1.165) is 11.8 Å². The number of aromatic nitrogens is 2. The minimum absolute atomic E-state index is 0.0461. The molecule has 0 aliphatic rings. The van der Waals surface area contributed by atoms with Crippen LogP contribution in [0.2, 0.25) is 0 Å². The molecule has 1 aromatic carbocycles. The molecule has 10 nitrogen and oxygen atoms in total. The molecule has 0 saturated carbocycles. The fourth-order valence-electron chi connectivity index (χ4n) is 1.48. The summed E-state index contributed by atoms with van der Waals surface area (Å²) in [7, 11) is 0. The summed E-state index contributed by atoms with van der Waals surface area (Å²) in [4.78, 5) is 20.4. The van der Waals surface area contributed by atoms with E-state index in [0.29, 0.717) is 5.75 Å². The number of carbonyl (C=O) groups excluding carboxylic acids is 1. The fraction of sp³-hybridized carbons (Fsp3) is 0.0833. The van der Waals surface area contributed by atoms with Crippen molar-refractivity contribution in [1.29, 1.82) is 0 Å². The van der Waals surface area contributed by atoms with Gasteiger partial charge < -0.3 is 10.5 Å². The Morgan fingerprint density at radius 1 is 1.50 bits per heavy atom.